The van der Waals surface area contributed by atoms with Gasteiger partial charge in [0.05, 0.1) is 10.3 Å². The van der Waals surface area contributed by atoms with Gasteiger partial charge in [-0.15, -0.1) is 0 Å². The van der Waals surface area contributed by atoms with Crippen molar-refractivity contribution >= 4 is 128 Å². The topological polar surface area (TPSA) is 189 Å². The number of benzene rings is 8. The molecule has 0 atom stereocenters. The Kier molecular flexibility index (Phi) is 43.5. The summed E-state index contributed by atoms with van der Waals surface area (Å²) in [6, 6.07) is 64.9. The maximum atomic E-state index is 13.0. The van der Waals surface area contributed by atoms with Gasteiger partial charge in [-0.1, -0.05) is 219 Å². The first-order chi connectivity index (χ1) is 66.8. The Hall–Kier alpha value is -7.23. The van der Waals surface area contributed by atoms with Gasteiger partial charge in [-0.3, -0.25) is 48.5 Å². The highest BCUT2D eigenvalue weighted by molar-refractivity contribution is 7.99. The second kappa shape index (κ2) is 55.6. The molecule has 738 valence electrons. The van der Waals surface area contributed by atoms with Gasteiger partial charge in [0.1, 0.15) is 86.3 Å². The van der Waals surface area contributed by atoms with Gasteiger partial charge in [-0.25, -0.2) is 0 Å². The van der Waals surface area contributed by atoms with Crippen molar-refractivity contribution in [1.29, 1.82) is 0 Å². The predicted molar refractivity (Wildman–Crippen MR) is 594 cm³/mol. The van der Waals surface area contributed by atoms with Gasteiger partial charge >= 0.3 is 5.97 Å². The first-order valence-corrected chi connectivity index (χ1v) is 64.3. The van der Waals surface area contributed by atoms with E-state index in [0.717, 1.165) is 118 Å². The Bertz CT molecular complexity index is 5110. The number of hydrogen-bond acceptors (Lipinski definition) is 11. The Morgan fingerprint density at radius 3 is 0.964 bits per heavy atom. The third-order valence-corrected chi connectivity index (χ3v) is 45.9. The second-order valence-corrected chi connectivity index (χ2v) is 58.1. The number of carbonyl (C=O) groups excluding carboxylic acids is 8. The molecule has 0 aromatic heterocycles. The zero-order chi connectivity index (χ0) is 97.2. The summed E-state index contributed by atoms with van der Waals surface area (Å²) < 4.78 is 5.82. The smallest absolute Gasteiger partial charge is 0.317 e. The van der Waals surface area contributed by atoms with Crippen LogP contribution in [0.15, 0.2) is 200 Å². The molecule has 0 amide bonds. The number of Topliss-reactive ketones (excluding diaryl/α,β-unsaturated/α-hetero) is 7. The zero-order valence-corrected chi connectivity index (χ0v) is 89.3. The molecule has 7 saturated heterocycles. The molecular weight excluding hydrogens is 1840 g/mol. The Morgan fingerprint density at radius 1 is 0.362 bits per heavy atom. The number of ether oxygens (including phenoxy) is 1. The fraction of sp³-hybridized carbons (Fsp3) is 0.529. The van der Waals surface area contributed by atoms with Gasteiger partial charge in [0.15, 0.2) is 40.3 Å². The quantitative estimate of drug-likeness (QED) is 0.0100. The van der Waals surface area contributed by atoms with Crippen molar-refractivity contribution in [1.82, 2.24) is 0 Å². The average Bonchev–Trinajstić information content (AvgIpc) is 1.08. The normalized spacial score (nSPS) is 20.5. The van der Waals surface area contributed by atoms with Crippen molar-refractivity contribution in [2.24, 2.45) is 29.1 Å². The molecule has 19 heteroatoms. The minimum Gasteiger partial charge on any atom is -0.426 e. The van der Waals surface area contributed by atoms with Crippen LogP contribution in [0.1, 0.15) is 316 Å². The largest absolute Gasteiger partial charge is 0.426 e. The number of non-ortho nitro benzene ring substituents is 1. The minimum atomic E-state index is -0.451. The molecule has 0 radical (unpaired) electrons. The second-order valence-electron chi connectivity index (χ2n) is 41.8. The Labute approximate surface area is 846 Å². The Morgan fingerprint density at radius 2 is 0.652 bits per heavy atom. The summed E-state index contributed by atoms with van der Waals surface area (Å²) in [6.07, 6.45) is 36.8. The van der Waals surface area contributed by atoms with Crippen LogP contribution in [-0.4, -0.2) is 172 Å². The molecule has 8 aromatic rings. The van der Waals surface area contributed by atoms with Crippen LogP contribution >= 0.6 is 0 Å². The summed E-state index contributed by atoms with van der Waals surface area (Å²) in [5.41, 5.74) is 13.6. The predicted octanol–water partition coefficient (Wildman–Crippen LogP) is 25.6. The van der Waals surface area contributed by atoms with Gasteiger partial charge in [0.2, 0.25) is 40.5 Å². The van der Waals surface area contributed by atoms with E-state index in [9.17, 15) is 48.5 Å². The van der Waals surface area contributed by atoms with E-state index in [2.05, 4.69) is 126 Å². The number of esters is 1. The highest BCUT2D eigenvalue weighted by atomic mass is 32.2. The SMILES string of the molecule is CC(C)(C)c1ccc(C(=O)C[S+]2CCCC2)cc1.CC(C)Cc1ccc(C(=O)C[S+]2CCCC2)cc1.CCCCc1ccc(C(=O)C[S+]2CCCC2)cc1.O=C(C[S+]1CCCC1)c1ccc(-c2ccccc2)cc1.O=C(C[S+]1CCCC1)c1ccc(C2CCCCC2)cc1.O=C(C[S+]1CCCC1)c1ccc(OC(=O)C23CC4CC(CC(C4)C2)C3)cc1.O=C(C[S+]1CCCC1)c1ccc([N+](=O)[O-])cc1. The maximum Gasteiger partial charge on any atom is 0.317 e. The number of unbranched alkanes of at least 4 members (excludes halogenated alkanes) is 1. The molecule has 12 aliphatic rings. The molecule has 5 aliphatic carbocycles. The van der Waals surface area contributed by atoms with Crippen molar-refractivity contribution in [3.05, 3.63) is 272 Å². The molecular formula is C119H156NO11S7+7. The van der Waals surface area contributed by atoms with E-state index in [-0.39, 0.29) is 55.8 Å². The third kappa shape index (κ3) is 34.5. The lowest BCUT2D eigenvalue weighted by Crippen LogP contribution is -2.51. The lowest BCUT2D eigenvalue weighted by Gasteiger charge is -2.55. The number of nitro groups is 1. The molecule has 0 N–H and O–H groups in total. The van der Waals surface area contributed by atoms with Crippen molar-refractivity contribution in [2.45, 2.75) is 239 Å². The third-order valence-electron chi connectivity index (χ3n) is 29.1. The molecule has 8 aromatic carbocycles. The molecule has 0 unspecified atom stereocenters. The lowest BCUT2D eigenvalue weighted by atomic mass is 9.49. The van der Waals surface area contributed by atoms with Gasteiger partial charge in [-0.2, -0.15) is 0 Å². The number of hydrogen-bond donors (Lipinski definition) is 0. The summed E-state index contributed by atoms with van der Waals surface area (Å²) in [4.78, 5) is 108. The highest BCUT2D eigenvalue weighted by Crippen LogP contribution is 2.60. The van der Waals surface area contributed by atoms with Crippen LogP contribution in [0.4, 0.5) is 5.69 Å². The van der Waals surface area contributed by atoms with Crippen molar-refractivity contribution in [3.8, 4) is 16.9 Å². The minimum absolute atomic E-state index is 0.0203. The van der Waals surface area contributed by atoms with Crippen molar-refractivity contribution < 1.29 is 48.0 Å². The summed E-state index contributed by atoms with van der Waals surface area (Å²) in [5, 5.41) is 10.5. The Balaban J connectivity index is 0.000000137. The number of rotatable bonds is 31. The molecule has 12 fully saturated rings. The molecule has 20 rings (SSSR count). The fourth-order valence-corrected chi connectivity index (χ4v) is 37.3. The molecule has 138 heavy (non-hydrogen) atoms. The fourth-order valence-electron chi connectivity index (χ4n) is 21.5. The van der Waals surface area contributed by atoms with Crippen LogP contribution < -0.4 is 4.74 Å². The van der Waals surface area contributed by atoms with Crippen LogP contribution in [0, 0.1) is 39.2 Å². The molecule has 7 aliphatic heterocycles. The van der Waals surface area contributed by atoms with Crippen LogP contribution in [0.3, 0.4) is 0 Å². The number of nitrogens with zero attached hydrogens (tertiary/aromatic N) is 1. The molecule has 5 saturated carbocycles. The van der Waals surface area contributed by atoms with E-state index in [1.807, 2.05) is 91.0 Å². The number of aryl methyl sites for hydroxylation is 1. The van der Waals surface area contributed by atoms with E-state index in [1.54, 1.807) is 12.1 Å². The van der Waals surface area contributed by atoms with E-state index in [4.69, 9.17) is 4.74 Å². The first-order valence-electron chi connectivity index (χ1n) is 52.1. The number of carbonyl (C=O) groups is 8. The maximum absolute atomic E-state index is 13.0. The first kappa shape index (κ1) is 108. The van der Waals surface area contributed by atoms with Crippen LogP contribution in [0.25, 0.3) is 11.1 Å². The lowest BCUT2D eigenvalue weighted by molar-refractivity contribution is -0.384. The van der Waals surface area contributed by atoms with Crippen molar-refractivity contribution in [3.63, 3.8) is 0 Å². The van der Waals surface area contributed by atoms with Gasteiger partial charge in [0.25, 0.3) is 5.69 Å². The van der Waals surface area contributed by atoms with Crippen molar-refractivity contribution in [2.75, 3.05) is 121 Å². The van der Waals surface area contributed by atoms with E-state index < -0.39 is 4.92 Å². The van der Waals surface area contributed by atoms with Crippen LogP contribution in [-0.2, 0) is 99.3 Å². The molecule has 7 heterocycles. The van der Waals surface area contributed by atoms with Gasteiger partial charge in [0, 0.05) is 51.1 Å². The summed E-state index contributed by atoms with van der Waals surface area (Å²) >= 11 is 0. The van der Waals surface area contributed by atoms with E-state index in [0.29, 0.717) is 112 Å². The van der Waals surface area contributed by atoms with E-state index in [1.165, 1.54) is 280 Å². The summed E-state index contributed by atoms with van der Waals surface area (Å²) in [5.74, 6) is 28.9. The standard InChI is InChI=1S/C23H29O3S.C18H25OS.C18H19OS.3C16H23OS.C12H14NO3S/c24-21(15-27-7-1-2-8-27)19-3-5-20(6-4-19)26-22(25)23-12-16-9-17(13-23)11-18(10-16)14-23;2*19-18(14-20-12-4-5-13-20)17-10-8-16(9-11-17)15-6-2-1-3-7-15;1-16(2,3)14-8-6-13(7-9-14)15(17)12-18-10-4-5-11-18;1-13(2)11-14-5-7-15(8-6-14)16(17)12-18-9-3-4-10-18;1-2-3-6-14-7-9-15(10-8-14)16(17)13-18-11-4-5-12-18;14-12(9-17-7-1-2-8-17)10-3-5-11(6-4-10)13(15)16/h3-6,16-18H,1-2,7-15H2;8-11,15H,1-7,12-14H2;1-3,6-11H,4-5,12-14H2;6-9H,4-5,10-12H2,1-3H3;5-8,13H,3-4,9-12H2,1-2H3;7-10H,2-6,11-13H2,1H3;3-6H,1-2,7-9H2/q7*+1. The zero-order valence-electron chi connectivity index (χ0n) is 83.6. The summed E-state index contributed by atoms with van der Waals surface area (Å²) in [7, 11) is 2.40. The number of nitro benzene ring substituents is 1. The monoisotopic (exact) mass is 2000 g/mol. The average molecular weight is 2000 g/mol. The highest BCUT2D eigenvalue weighted by Gasteiger charge is 2.56. The molecule has 0 spiro atoms. The molecule has 4 bridgehead atoms. The number of ketones is 7. The molecule has 12 nitrogen and oxygen atoms in total. The van der Waals surface area contributed by atoms with Crippen LogP contribution in [0.2, 0.25) is 0 Å². The summed E-state index contributed by atoms with van der Waals surface area (Å²) in [6.45, 7) is 13.2. The van der Waals surface area contributed by atoms with Gasteiger partial charge in [-0.05, 0) is 342 Å². The van der Waals surface area contributed by atoms with Gasteiger partial charge < -0.3 is 4.74 Å². The van der Waals surface area contributed by atoms with Crippen LogP contribution in [0.5, 0.6) is 5.75 Å². The van der Waals surface area contributed by atoms with E-state index >= 15 is 0 Å².